The number of aliphatic hydroxyl groups is 3. The summed E-state index contributed by atoms with van der Waals surface area (Å²) in [4.78, 5) is 14.1. The minimum absolute atomic E-state index is 0.0108. The van der Waals surface area contributed by atoms with E-state index in [0.29, 0.717) is 11.8 Å². The fourth-order valence-corrected chi connectivity index (χ4v) is 2.54. The van der Waals surface area contributed by atoms with Gasteiger partial charge in [0.05, 0.1) is 51.6 Å². The average Bonchev–Trinajstić information content (AvgIpc) is 2.71. The molecule has 184 valence electrons. The minimum atomic E-state index is -4.23. The van der Waals surface area contributed by atoms with Crippen LogP contribution in [0.25, 0.3) is 0 Å². The smallest absolute Gasteiger partial charge is 0.394 e. The lowest BCUT2D eigenvalue weighted by Crippen LogP contribution is -2.28. The van der Waals surface area contributed by atoms with Gasteiger partial charge in [0.1, 0.15) is 0 Å². The first-order valence-electron chi connectivity index (χ1n) is 10.5. The van der Waals surface area contributed by atoms with Crippen LogP contribution in [0.3, 0.4) is 0 Å². The highest BCUT2D eigenvalue weighted by molar-refractivity contribution is 7.80. The van der Waals surface area contributed by atoms with Crippen molar-refractivity contribution in [2.45, 2.75) is 71.1 Å². The standard InChI is InChI=1S/C12H26O4S.C6H15NO6/c1-2-3-4-5-6-7-8-9-10-11-12-16-17(13,14)15;8-1-4-11-7(12-5-2-9)13-6-3-10/h2-12H2,1H3,(H,13,14,15);8-10H,1-6H2. The number of hydrogen-bond acceptors (Lipinski definition) is 10. The molecule has 0 aliphatic heterocycles. The zero-order chi connectivity index (χ0) is 22.9. The molecule has 0 atom stereocenters. The highest BCUT2D eigenvalue weighted by Crippen LogP contribution is 2.10. The van der Waals surface area contributed by atoms with E-state index in [1.807, 2.05) is 0 Å². The first kappa shape index (κ1) is 31.8. The van der Waals surface area contributed by atoms with Gasteiger partial charge < -0.3 is 15.3 Å². The molecule has 0 fully saturated rings. The molecule has 0 rings (SSSR count). The second-order valence-corrected chi connectivity index (χ2v) is 7.42. The molecule has 30 heavy (non-hydrogen) atoms. The second kappa shape index (κ2) is 24.9. The lowest BCUT2D eigenvalue weighted by molar-refractivity contribution is -0.527. The minimum Gasteiger partial charge on any atom is -0.394 e. The number of rotatable bonds is 21. The highest BCUT2D eigenvalue weighted by atomic mass is 32.3. The molecule has 12 heteroatoms. The van der Waals surface area contributed by atoms with E-state index in [-0.39, 0.29) is 46.2 Å². The van der Waals surface area contributed by atoms with E-state index >= 15 is 0 Å². The van der Waals surface area contributed by atoms with Crippen LogP contribution in [0.15, 0.2) is 0 Å². The third kappa shape index (κ3) is 29.8. The summed E-state index contributed by atoms with van der Waals surface area (Å²) >= 11 is 0. The normalized spacial score (nSPS) is 11.5. The summed E-state index contributed by atoms with van der Waals surface area (Å²) in [6.07, 6.45) is 11.9. The predicted octanol–water partition coefficient (Wildman–Crippen LogP) is 1.79. The van der Waals surface area contributed by atoms with E-state index in [1.165, 1.54) is 44.9 Å². The number of hydrogen-bond donors (Lipinski definition) is 4. The van der Waals surface area contributed by atoms with Crippen molar-refractivity contribution in [2.24, 2.45) is 0 Å². The van der Waals surface area contributed by atoms with Gasteiger partial charge in [-0.2, -0.15) is 8.42 Å². The van der Waals surface area contributed by atoms with Crippen LogP contribution in [0.2, 0.25) is 0 Å². The van der Waals surface area contributed by atoms with Gasteiger partial charge in [0.25, 0.3) is 0 Å². The van der Waals surface area contributed by atoms with E-state index in [0.717, 1.165) is 12.8 Å². The van der Waals surface area contributed by atoms with Gasteiger partial charge in [-0.1, -0.05) is 64.7 Å². The third-order valence-electron chi connectivity index (χ3n) is 3.59. The Balaban J connectivity index is 0. The fourth-order valence-electron chi connectivity index (χ4n) is 2.21. The molecule has 0 amide bonds. The molecule has 0 aromatic heterocycles. The molecule has 0 bridgehead atoms. The van der Waals surface area contributed by atoms with Crippen molar-refractivity contribution in [1.82, 2.24) is 5.39 Å². The van der Waals surface area contributed by atoms with Gasteiger partial charge in [-0.05, 0) is 6.42 Å². The maximum atomic E-state index is 10.2. The van der Waals surface area contributed by atoms with E-state index in [2.05, 4.69) is 11.1 Å². The monoisotopic (exact) mass is 463 g/mol. The van der Waals surface area contributed by atoms with Gasteiger partial charge in [0.15, 0.2) is 0 Å². The Hall–Kier alpha value is -0.410. The first-order valence-corrected chi connectivity index (χ1v) is 11.9. The molecule has 0 unspecified atom stereocenters. The van der Waals surface area contributed by atoms with Gasteiger partial charge in [0.2, 0.25) is 0 Å². The summed E-state index contributed by atoms with van der Waals surface area (Å²) < 4.78 is 33.0. The van der Waals surface area contributed by atoms with Gasteiger partial charge in [-0.3, -0.25) is 4.55 Å². The molecule has 0 spiro atoms. The van der Waals surface area contributed by atoms with Crippen LogP contribution < -0.4 is 0 Å². The molecule has 4 N–H and O–H groups in total. The van der Waals surface area contributed by atoms with Gasteiger partial charge in [-0.25, -0.2) is 18.7 Å². The summed E-state index contributed by atoms with van der Waals surface area (Å²) in [5.74, 6) is 0. The molecule has 0 radical (unpaired) electrons. The molecule has 0 saturated carbocycles. The first-order chi connectivity index (χ1) is 14.4. The third-order valence-corrected chi connectivity index (χ3v) is 4.06. The van der Waals surface area contributed by atoms with Crippen molar-refractivity contribution in [3.05, 3.63) is 0 Å². The van der Waals surface area contributed by atoms with E-state index in [1.54, 1.807) is 0 Å². The summed E-state index contributed by atoms with van der Waals surface area (Å²) in [7, 11) is -4.23. The summed E-state index contributed by atoms with van der Waals surface area (Å²) in [6.45, 7) is 1.80. The molecule has 11 nitrogen and oxygen atoms in total. The molecule has 0 saturated heterocycles. The Kier molecular flexibility index (Phi) is 26.3. The lowest BCUT2D eigenvalue weighted by atomic mass is 10.1. The largest absolute Gasteiger partial charge is 0.397 e. The molecule has 0 aliphatic carbocycles. The molecule has 0 aromatic rings. The van der Waals surface area contributed by atoms with Crippen LogP contribution in [0, 0.1) is 0 Å². The van der Waals surface area contributed by atoms with Crippen molar-refractivity contribution >= 4 is 10.4 Å². The number of nitrogens with zero attached hydrogens (tertiary/aromatic N) is 1. The lowest BCUT2D eigenvalue weighted by Gasteiger charge is -2.17. The zero-order valence-corrected chi connectivity index (χ0v) is 18.9. The summed E-state index contributed by atoms with van der Waals surface area (Å²) in [5.41, 5.74) is 0. The Morgan fingerprint density at radius 1 is 0.633 bits per heavy atom. The Bertz CT molecular complexity index is 406. The Morgan fingerprint density at radius 2 is 1.00 bits per heavy atom. The van der Waals surface area contributed by atoms with Crippen molar-refractivity contribution < 1.29 is 47.0 Å². The Labute approximate surface area is 180 Å². The molecular weight excluding hydrogens is 422 g/mol. The number of unbranched alkanes of at least 4 members (excludes halogenated alkanes) is 9. The van der Waals surface area contributed by atoms with E-state index < -0.39 is 10.4 Å². The summed E-state index contributed by atoms with van der Waals surface area (Å²) in [6, 6.07) is 0. The van der Waals surface area contributed by atoms with Crippen LogP contribution in [-0.4, -0.2) is 79.9 Å². The van der Waals surface area contributed by atoms with Crippen LogP contribution in [0.1, 0.15) is 71.1 Å². The van der Waals surface area contributed by atoms with E-state index in [4.69, 9.17) is 34.4 Å². The average molecular weight is 464 g/mol. The molecule has 0 aromatic carbocycles. The van der Waals surface area contributed by atoms with Crippen LogP contribution in [0.4, 0.5) is 0 Å². The molecule has 0 heterocycles. The summed E-state index contributed by atoms with van der Waals surface area (Å²) in [5, 5.41) is 25.9. The van der Waals surface area contributed by atoms with Gasteiger partial charge >= 0.3 is 10.4 Å². The predicted molar refractivity (Wildman–Crippen MR) is 110 cm³/mol. The maximum absolute atomic E-state index is 10.2. The highest BCUT2D eigenvalue weighted by Gasteiger charge is 2.05. The van der Waals surface area contributed by atoms with Crippen molar-refractivity contribution in [2.75, 3.05) is 46.2 Å². The topological polar surface area (TPSA) is 155 Å². The zero-order valence-electron chi connectivity index (χ0n) is 18.1. The van der Waals surface area contributed by atoms with Gasteiger partial charge in [-0.15, -0.1) is 0 Å². The molecule has 0 aliphatic rings. The SMILES string of the molecule is CCCCCCCCCCCCOS(=O)(=O)O.OCCON(OCCO)OCCO. The van der Waals surface area contributed by atoms with Gasteiger partial charge in [0, 0.05) is 0 Å². The van der Waals surface area contributed by atoms with Crippen molar-refractivity contribution in [3.8, 4) is 0 Å². The van der Waals surface area contributed by atoms with Crippen molar-refractivity contribution in [3.63, 3.8) is 0 Å². The molecular formula is C18H41NO10S. The Morgan fingerprint density at radius 3 is 1.33 bits per heavy atom. The second-order valence-electron chi connectivity index (χ2n) is 6.33. The fraction of sp³-hybridized carbons (Fsp3) is 1.00. The van der Waals surface area contributed by atoms with Crippen LogP contribution in [0.5, 0.6) is 0 Å². The maximum Gasteiger partial charge on any atom is 0.397 e. The van der Waals surface area contributed by atoms with Crippen LogP contribution >= 0.6 is 0 Å². The van der Waals surface area contributed by atoms with Crippen molar-refractivity contribution in [1.29, 1.82) is 0 Å². The number of aliphatic hydroxyl groups excluding tert-OH is 3. The van der Waals surface area contributed by atoms with Crippen LogP contribution in [-0.2, 0) is 29.1 Å². The quantitative estimate of drug-likeness (QED) is 0.112. The van der Waals surface area contributed by atoms with E-state index in [9.17, 15) is 8.42 Å².